The Morgan fingerprint density at radius 2 is 2.00 bits per heavy atom. The molecule has 1 amide bonds. The van der Waals surface area contributed by atoms with Crippen LogP contribution in [0.3, 0.4) is 0 Å². The maximum absolute atomic E-state index is 11.6. The van der Waals surface area contributed by atoms with E-state index in [-0.39, 0.29) is 19.0 Å². The summed E-state index contributed by atoms with van der Waals surface area (Å²) in [5.41, 5.74) is 0.494. The molecule has 1 N–H and O–H groups in total. The van der Waals surface area contributed by atoms with Crippen LogP contribution in [0.1, 0.15) is 6.92 Å². The summed E-state index contributed by atoms with van der Waals surface area (Å²) in [5.74, 6) is -0.237. The van der Waals surface area contributed by atoms with Crippen LogP contribution in [0.4, 0.5) is 5.69 Å². The van der Waals surface area contributed by atoms with Crippen molar-refractivity contribution in [1.29, 1.82) is 0 Å². The lowest BCUT2D eigenvalue weighted by molar-refractivity contribution is -0.116. The van der Waals surface area contributed by atoms with Gasteiger partial charge in [0.1, 0.15) is 0 Å². The Balaban J connectivity index is 2.86. The Morgan fingerprint density at radius 3 is 2.47 bits per heavy atom. The molecule has 1 aromatic carbocycles. The number of carbonyl (C=O) groups excluding carboxylic acids is 1. The van der Waals surface area contributed by atoms with E-state index >= 15 is 0 Å². The van der Waals surface area contributed by atoms with Crippen LogP contribution in [0, 0.1) is 0 Å². The van der Waals surface area contributed by atoms with Gasteiger partial charge in [0.25, 0.3) is 0 Å². The average molecular weight is 325 g/mol. The maximum Gasteiger partial charge on any atom is 0.223 e. The monoisotopic (exact) mass is 324 g/mol. The molecule has 0 fully saturated rings. The van der Waals surface area contributed by atoms with E-state index in [4.69, 9.17) is 23.2 Å². The number of sulfonamides is 1. The molecule has 0 aromatic heterocycles. The first-order valence-electron chi connectivity index (χ1n) is 5.38. The minimum Gasteiger partial charge on any atom is -0.310 e. The number of amides is 1. The number of rotatable bonds is 5. The van der Waals surface area contributed by atoms with E-state index in [1.807, 2.05) is 0 Å². The summed E-state index contributed by atoms with van der Waals surface area (Å²) in [6.07, 6.45) is 1.06. The summed E-state index contributed by atoms with van der Waals surface area (Å²) < 4.78 is 24.3. The molecular formula is C11H14Cl2N2O3S. The summed E-state index contributed by atoms with van der Waals surface area (Å²) in [6.45, 7) is 1.67. The van der Waals surface area contributed by atoms with Gasteiger partial charge in [0.2, 0.25) is 15.9 Å². The van der Waals surface area contributed by atoms with Crippen molar-refractivity contribution < 1.29 is 13.2 Å². The third-order valence-corrected chi connectivity index (χ3v) is 3.55. The molecule has 19 heavy (non-hydrogen) atoms. The van der Waals surface area contributed by atoms with Gasteiger partial charge in [-0.25, -0.2) is 13.1 Å². The minimum absolute atomic E-state index is 0.109. The molecule has 0 radical (unpaired) electrons. The Labute approximate surface area is 122 Å². The predicted octanol–water partition coefficient (Wildman–Crippen LogP) is 1.90. The van der Waals surface area contributed by atoms with Crippen LogP contribution in [-0.4, -0.2) is 33.7 Å². The van der Waals surface area contributed by atoms with Gasteiger partial charge in [-0.05, 0) is 18.2 Å². The Hall–Kier alpha value is -0.820. The number of anilines is 1. The van der Waals surface area contributed by atoms with Gasteiger partial charge >= 0.3 is 0 Å². The normalized spacial score (nSPS) is 11.4. The first-order chi connectivity index (χ1) is 8.70. The Morgan fingerprint density at radius 1 is 1.37 bits per heavy atom. The van der Waals surface area contributed by atoms with Crippen LogP contribution < -0.4 is 9.62 Å². The van der Waals surface area contributed by atoms with E-state index in [1.165, 1.54) is 17.9 Å². The molecule has 1 rings (SSSR count). The van der Waals surface area contributed by atoms with Crippen molar-refractivity contribution in [3.8, 4) is 0 Å². The number of benzene rings is 1. The number of nitrogens with one attached hydrogen (secondary N) is 1. The number of hydrogen-bond acceptors (Lipinski definition) is 3. The fraction of sp³-hybridized carbons (Fsp3) is 0.364. The molecular weight excluding hydrogens is 311 g/mol. The molecule has 0 saturated heterocycles. The van der Waals surface area contributed by atoms with Crippen molar-refractivity contribution in [2.75, 3.05) is 24.2 Å². The molecule has 0 aliphatic heterocycles. The van der Waals surface area contributed by atoms with Crippen LogP contribution in [-0.2, 0) is 14.8 Å². The van der Waals surface area contributed by atoms with Gasteiger partial charge in [0, 0.05) is 25.0 Å². The van der Waals surface area contributed by atoms with Crippen molar-refractivity contribution in [1.82, 2.24) is 4.72 Å². The molecule has 0 saturated carbocycles. The molecule has 1 aromatic rings. The largest absolute Gasteiger partial charge is 0.310 e. The molecule has 106 valence electrons. The smallest absolute Gasteiger partial charge is 0.223 e. The van der Waals surface area contributed by atoms with Crippen molar-refractivity contribution in [2.24, 2.45) is 0 Å². The molecule has 0 atom stereocenters. The summed E-state index contributed by atoms with van der Waals surface area (Å²) >= 11 is 11.8. The van der Waals surface area contributed by atoms with Crippen molar-refractivity contribution >= 4 is 44.8 Å². The van der Waals surface area contributed by atoms with Gasteiger partial charge in [-0.15, -0.1) is 0 Å². The van der Waals surface area contributed by atoms with Crippen molar-refractivity contribution in [3.63, 3.8) is 0 Å². The van der Waals surface area contributed by atoms with Gasteiger partial charge in [-0.3, -0.25) is 4.79 Å². The van der Waals surface area contributed by atoms with E-state index in [0.717, 1.165) is 6.26 Å². The Bertz CT molecular complexity index is 575. The molecule has 8 heteroatoms. The highest BCUT2D eigenvalue weighted by Gasteiger charge is 2.15. The molecule has 5 nitrogen and oxygen atoms in total. The van der Waals surface area contributed by atoms with Gasteiger partial charge in [0.15, 0.2) is 0 Å². The topological polar surface area (TPSA) is 66.5 Å². The summed E-state index contributed by atoms with van der Waals surface area (Å²) in [4.78, 5) is 13.0. The first-order valence-corrected chi connectivity index (χ1v) is 8.03. The van der Waals surface area contributed by atoms with E-state index in [9.17, 15) is 13.2 Å². The van der Waals surface area contributed by atoms with Crippen LogP contribution >= 0.6 is 23.2 Å². The predicted molar refractivity (Wildman–Crippen MR) is 77.3 cm³/mol. The molecule has 0 unspecified atom stereocenters. The first kappa shape index (κ1) is 16.2. The second-order valence-electron chi connectivity index (χ2n) is 3.93. The van der Waals surface area contributed by atoms with Gasteiger partial charge < -0.3 is 4.90 Å². The van der Waals surface area contributed by atoms with Crippen LogP contribution in [0.2, 0.25) is 10.0 Å². The van der Waals surface area contributed by atoms with Crippen molar-refractivity contribution in [3.05, 3.63) is 28.2 Å². The SMILES string of the molecule is CC(=O)N(CCNS(C)(=O)=O)c1ccc(Cl)cc1Cl. The van der Waals surface area contributed by atoms with Crippen LogP contribution in [0.5, 0.6) is 0 Å². The van der Waals surface area contributed by atoms with Crippen LogP contribution in [0.25, 0.3) is 0 Å². The lowest BCUT2D eigenvalue weighted by atomic mass is 10.2. The zero-order valence-corrected chi connectivity index (χ0v) is 12.8. The molecule has 0 aliphatic carbocycles. The number of carbonyl (C=O) groups is 1. The van der Waals surface area contributed by atoms with E-state index < -0.39 is 10.0 Å². The lowest BCUT2D eigenvalue weighted by Gasteiger charge is -2.22. The number of nitrogens with zero attached hydrogens (tertiary/aromatic N) is 1. The molecule has 0 heterocycles. The fourth-order valence-corrected chi connectivity index (χ4v) is 2.46. The summed E-state index contributed by atoms with van der Waals surface area (Å²) in [7, 11) is -3.29. The fourth-order valence-electron chi connectivity index (χ4n) is 1.49. The highest BCUT2D eigenvalue weighted by atomic mass is 35.5. The van der Waals surface area contributed by atoms with Gasteiger partial charge in [0.05, 0.1) is 17.0 Å². The minimum atomic E-state index is -3.29. The summed E-state index contributed by atoms with van der Waals surface area (Å²) in [6, 6.07) is 4.76. The highest BCUT2D eigenvalue weighted by molar-refractivity contribution is 7.88. The maximum atomic E-state index is 11.6. The van der Waals surface area contributed by atoms with E-state index in [2.05, 4.69) is 4.72 Å². The van der Waals surface area contributed by atoms with Gasteiger partial charge in [-0.1, -0.05) is 23.2 Å². The lowest BCUT2D eigenvalue weighted by Crippen LogP contribution is -2.37. The number of halogens is 2. The average Bonchev–Trinajstić information content (AvgIpc) is 2.24. The van der Waals surface area contributed by atoms with Crippen LogP contribution in [0.15, 0.2) is 18.2 Å². The quantitative estimate of drug-likeness (QED) is 0.899. The number of hydrogen-bond donors (Lipinski definition) is 1. The second kappa shape index (κ2) is 6.56. The van der Waals surface area contributed by atoms with Gasteiger partial charge in [-0.2, -0.15) is 0 Å². The molecule has 0 aliphatic rings. The zero-order chi connectivity index (χ0) is 14.6. The van der Waals surface area contributed by atoms with E-state index in [0.29, 0.717) is 15.7 Å². The second-order valence-corrected chi connectivity index (χ2v) is 6.61. The van der Waals surface area contributed by atoms with E-state index in [1.54, 1.807) is 12.1 Å². The highest BCUT2D eigenvalue weighted by Crippen LogP contribution is 2.28. The zero-order valence-electron chi connectivity index (χ0n) is 10.5. The molecule has 0 bridgehead atoms. The third-order valence-electron chi connectivity index (χ3n) is 2.28. The Kier molecular flexibility index (Phi) is 5.61. The summed E-state index contributed by atoms with van der Waals surface area (Å²) in [5, 5.41) is 0.800. The van der Waals surface area contributed by atoms with Crippen molar-refractivity contribution in [2.45, 2.75) is 6.92 Å². The molecule has 0 spiro atoms. The third kappa shape index (κ3) is 5.36. The standard InChI is InChI=1S/C11H14Cl2N2O3S/c1-8(16)15(6-5-14-19(2,17)18)11-4-3-9(12)7-10(11)13/h3-4,7,14H,5-6H2,1-2H3.